The quantitative estimate of drug-likeness (QED) is 0.629. The van der Waals surface area contributed by atoms with Crippen molar-refractivity contribution in [2.45, 2.75) is 4.90 Å². The van der Waals surface area contributed by atoms with Gasteiger partial charge in [0.1, 0.15) is 0 Å². The van der Waals surface area contributed by atoms with Gasteiger partial charge in [0.15, 0.2) is 0 Å². The van der Waals surface area contributed by atoms with E-state index in [1.807, 2.05) is 30.3 Å². The molecule has 0 aromatic heterocycles. The highest BCUT2D eigenvalue weighted by Gasteiger charge is 2.07. The van der Waals surface area contributed by atoms with E-state index in [1.54, 1.807) is 12.1 Å². The van der Waals surface area contributed by atoms with Crippen LogP contribution in [0, 0.1) is 0 Å². The van der Waals surface area contributed by atoms with Gasteiger partial charge in [0.05, 0.1) is 4.90 Å². The number of hydrogen-bond donors (Lipinski definition) is 0. The first-order valence-electron chi connectivity index (χ1n) is 4.80. The van der Waals surface area contributed by atoms with Crippen molar-refractivity contribution in [2.75, 3.05) is 0 Å². The lowest BCUT2D eigenvalue weighted by Crippen LogP contribution is -1.88. The van der Waals surface area contributed by atoms with E-state index >= 15 is 0 Å². The van der Waals surface area contributed by atoms with E-state index in [4.69, 9.17) is 10.7 Å². The minimum atomic E-state index is -3.57. The molecule has 0 amide bonds. The predicted octanol–water partition coefficient (Wildman–Crippen LogP) is 4.83. The van der Waals surface area contributed by atoms with Crippen LogP contribution in [0.1, 0.15) is 0 Å². The number of benzene rings is 2. The van der Waals surface area contributed by atoms with Crippen LogP contribution in [0.5, 0.6) is 0 Å². The largest absolute Gasteiger partial charge is 0.261 e. The van der Waals surface area contributed by atoms with E-state index < -0.39 is 9.05 Å². The molecule has 0 unspecified atom stereocenters. The molecule has 2 aromatic rings. The molecule has 0 saturated carbocycles. The van der Waals surface area contributed by atoms with E-state index in [-0.39, 0.29) is 4.90 Å². The van der Waals surface area contributed by atoms with Crippen molar-refractivity contribution < 1.29 is 8.42 Å². The zero-order chi connectivity index (χ0) is 13.6. The Morgan fingerprint density at radius 2 is 1.22 bits per heavy atom. The highest BCUT2D eigenvalue weighted by molar-refractivity contribution is 9.10. The highest BCUT2D eigenvalue weighted by Crippen LogP contribution is 2.17. The first-order chi connectivity index (χ1) is 8.39. The lowest BCUT2D eigenvalue weighted by Gasteiger charge is -1.93. The van der Waals surface area contributed by atoms with Gasteiger partial charge in [0, 0.05) is 19.6 Å². The fourth-order valence-corrected chi connectivity index (χ4v) is 2.35. The van der Waals surface area contributed by atoms with Crippen LogP contribution < -0.4 is 0 Å². The second-order valence-electron chi connectivity index (χ2n) is 3.19. The maximum atomic E-state index is 10.7. The van der Waals surface area contributed by atoms with E-state index in [0.29, 0.717) is 0 Å². The molecule has 0 aliphatic carbocycles. The molecule has 0 aliphatic heterocycles. The molecule has 0 aliphatic rings. The summed E-state index contributed by atoms with van der Waals surface area (Å²) in [7, 11) is 1.50. The lowest BCUT2D eigenvalue weighted by molar-refractivity contribution is 0.609. The Bertz CT molecular complexity index is 583. The van der Waals surface area contributed by atoms with Crippen molar-refractivity contribution in [1.82, 2.24) is 0 Å². The molecule has 0 atom stereocenters. The molecule has 0 fully saturated rings. The van der Waals surface area contributed by atoms with Crippen LogP contribution >= 0.6 is 42.5 Å². The second kappa shape index (κ2) is 7.28. The van der Waals surface area contributed by atoms with Crippen LogP contribution in [0.3, 0.4) is 0 Å². The van der Waals surface area contributed by atoms with E-state index in [1.165, 1.54) is 12.1 Å². The Morgan fingerprint density at radius 3 is 1.56 bits per heavy atom. The Balaban J connectivity index is 0.000000199. The van der Waals surface area contributed by atoms with Crippen molar-refractivity contribution in [1.29, 1.82) is 0 Å². The third-order valence-electron chi connectivity index (χ3n) is 1.83. The summed E-state index contributed by atoms with van der Waals surface area (Å²) in [6, 6.07) is 16.1. The molecule has 2 nitrogen and oxygen atoms in total. The van der Waals surface area contributed by atoms with Crippen molar-refractivity contribution >= 4 is 51.6 Å². The Labute approximate surface area is 128 Å². The normalized spacial score (nSPS) is 10.4. The molecular formula is C12H9Br2ClO2S. The molecule has 0 heterocycles. The Morgan fingerprint density at radius 1 is 0.778 bits per heavy atom. The van der Waals surface area contributed by atoms with E-state index in [9.17, 15) is 8.42 Å². The molecule has 2 rings (SSSR count). The summed E-state index contributed by atoms with van der Waals surface area (Å²) in [6.07, 6.45) is 0. The molecule has 0 bridgehead atoms. The van der Waals surface area contributed by atoms with Gasteiger partial charge in [-0.3, -0.25) is 0 Å². The zero-order valence-electron chi connectivity index (χ0n) is 9.05. The topological polar surface area (TPSA) is 34.1 Å². The van der Waals surface area contributed by atoms with Crippen molar-refractivity contribution in [3.05, 3.63) is 63.5 Å². The maximum absolute atomic E-state index is 10.7. The summed E-state index contributed by atoms with van der Waals surface area (Å²) in [4.78, 5) is 0.113. The zero-order valence-corrected chi connectivity index (χ0v) is 13.8. The average molecular weight is 413 g/mol. The summed E-state index contributed by atoms with van der Waals surface area (Å²) in [5, 5.41) is 0. The SMILES string of the molecule is Brc1ccccc1.O=S(=O)(Cl)c1ccc(Br)cc1. The molecule has 96 valence electrons. The molecule has 0 spiro atoms. The fourth-order valence-electron chi connectivity index (χ4n) is 1.01. The summed E-state index contributed by atoms with van der Waals surface area (Å²) in [6.45, 7) is 0. The third kappa shape index (κ3) is 6.00. The summed E-state index contributed by atoms with van der Waals surface area (Å²) in [5.41, 5.74) is 0. The van der Waals surface area contributed by atoms with Gasteiger partial charge in [-0.25, -0.2) is 8.42 Å². The van der Waals surface area contributed by atoms with Crippen LogP contribution in [0.25, 0.3) is 0 Å². The van der Waals surface area contributed by atoms with Crippen LogP contribution in [-0.4, -0.2) is 8.42 Å². The van der Waals surface area contributed by atoms with Crippen molar-refractivity contribution in [3.8, 4) is 0 Å². The van der Waals surface area contributed by atoms with Gasteiger partial charge in [-0.05, 0) is 36.4 Å². The minimum absolute atomic E-state index is 0.113. The van der Waals surface area contributed by atoms with Gasteiger partial charge in [0.25, 0.3) is 9.05 Å². The van der Waals surface area contributed by atoms with E-state index in [2.05, 4.69) is 31.9 Å². The monoisotopic (exact) mass is 410 g/mol. The highest BCUT2D eigenvalue weighted by atomic mass is 79.9. The predicted molar refractivity (Wildman–Crippen MR) is 81.3 cm³/mol. The van der Waals surface area contributed by atoms with Gasteiger partial charge in [-0.2, -0.15) is 0 Å². The standard InChI is InChI=1S/C6H4BrClO2S.C6H5Br/c7-5-1-3-6(4-2-5)11(8,9)10;7-6-4-2-1-3-5-6/h1-4H;1-5H. The molecule has 0 saturated heterocycles. The Kier molecular flexibility index (Phi) is 6.35. The van der Waals surface area contributed by atoms with E-state index in [0.717, 1.165) is 8.95 Å². The molecule has 0 N–H and O–H groups in total. The first-order valence-corrected chi connectivity index (χ1v) is 8.70. The van der Waals surface area contributed by atoms with Crippen LogP contribution in [0.4, 0.5) is 0 Å². The van der Waals surface area contributed by atoms with Gasteiger partial charge < -0.3 is 0 Å². The van der Waals surface area contributed by atoms with Gasteiger partial charge >= 0.3 is 0 Å². The molecule has 18 heavy (non-hydrogen) atoms. The summed E-state index contributed by atoms with van der Waals surface area (Å²) < 4.78 is 23.3. The van der Waals surface area contributed by atoms with Crippen molar-refractivity contribution in [2.24, 2.45) is 0 Å². The minimum Gasteiger partial charge on any atom is -0.207 e. The van der Waals surface area contributed by atoms with Gasteiger partial charge in [0.2, 0.25) is 0 Å². The molecule has 2 aromatic carbocycles. The summed E-state index contributed by atoms with van der Waals surface area (Å²) in [5.74, 6) is 0. The fraction of sp³-hybridized carbons (Fsp3) is 0. The molecule has 0 radical (unpaired) electrons. The lowest BCUT2D eigenvalue weighted by atomic mass is 10.4. The Hall–Kier alpha value is -0.360. The number of halogens is 3. The smallest absolute Gasteiger partial charge is 0.207 e. The van der Waals surface area contributed by atoms with Crippen LogP contribution in [0.2, 0.25) is 0 Å². The average Bonchev–Trinajstić information content (AvgIpc) is 2.30. The maximum Gasteiger partial charge on any atom is 0.261 e. The van der Waals surface area contributed by atoms with Crippen LogP contribution in [0.15, 0.2) is 68.4 Å². The second-order valence-corrected chi connectivity index (χ2v) is 7.58. The third-order valence-corrected chi connectivity index (χ3v) is 4.26. The first kappa shape index (κ1) is 15.7. The molecule has 6 heteroatoms. The molecular weight excluding hydrogens is 403 g/mol. The van der Waals surface area contributed by atoms with Gasteiger partial charge in [-0.15, -0.1) is 0 Å². The number of hydrogen-bond acceptors (Lipinski definition) is 2. The van der Waals surface area contributed by atoms with Crippen molar-refractivity contribution in [3.63, 3.8) is 0 Å². The number of rotatable bonds is 1. The summed E-state index contributed by atoms with van der Waals surface area (Å²) >= 11 is 6.49. The van der Waals surface area contributed by atoms with Crippen LogP contribution in [-0.2, 0) is 9.05 Å². The van der Waals surface area contributed by atoms with Gasteiger partial charge in [-0.1, -0.05) is 50.1 Å².